The second kappa shape index (κ2) is 7.03. The van der Waals surface area contributed by atoms with Crippen LogP contribution in [0.5, 0.6) is 0 Å². The Morgan fingerprint density at radius 2 is 2.18 bits per heavy atom. The normalized spacial score (nSPS) is 22.1. The highest BCUT2D eigenvalue weighted by atomic mass is 35.5. The minimum atomic E-state index is -4.73. The van der Waals surface area contributed by atoms with Crippen LogP contribution >= 0.6 is 24.0 Å². The summed E-state index contributed by atoms with van der Waals surface area (Å²) in [5.74, 6) is -0.795. The quantitative estimate of drug-likeness (QED) is 0.732. The molecule has 0 spiro atoms. The van der Waals surface area contributed by atoms with Crippen molar-refractivity contribution in [2.24, 2.45) is 7.05 Å². The van der Waals surface area contributed by atoms with Crippen molar-refractivity contribution in [2.75, 3.05) is 13.1 Å². The molecule has 11 heteroatoms. The average molecular weight is 363 g/mol. The fraction of sp³-hybridized carbons (Fsp3) is 0.636. The molecule has 2 rings (SSSR count). The zero-order chi connectivity index (χ0) is 15.8. The second-order valence-corrected chi connectivity index (χ2v) is 5.15. The van der Waals surface area contributed by atoms with Gasteiger partial charge in [0.1, 0.15) is 10.7 Å². The smallest absolute Gasteiger partial charge is 0.390 e. The number of carbonyl (C=O) groups is 1. The van der Waals surface area contributed by atoms with Gasteiger partial charge in [0.15, 0.2) is 5.69 Å². The van der Waals surface area contributed by atoms with Crippen LogP contribution in [0.2, 0.25) is 5.02 Å². The SMILES string of the molecule is Cl.Cn1nc(C(F)(F)F)c(Cl)c1C(=O)N[C@@H]1CCNC[C@H]1O. The summed E-state index contributed by atoms with van der Waals surface area (Å²) in [4.78, 5) is 12.1. The van der Waals surface area contributed by atoms with E-state index in [2.05, 4.69) is 15.7 Å². The number of hydrogen-bond donors (Lipinski definition) is 3. The Kier molecular flexibility index (Phi) is 6.08. The number of aliphatic hydroxyl groups is 1. The summed E-state index contributed by atoms with van der Waals surface area (Å²) in [6.45, 7) is 0.896. The van der Waals surface area contributed by atoms with Crippen LogP contribution in [0.15, 0.2) is 0 Å². The van der Waals surface area contributed by atoms with E-state index < -0.39 is 34.9 Å². The summed E-state index contributed by atoms with van der Waals surface area (Å²) in [7, 11) is 1.20. The van der Waals surface area contributed by atoms with Gasteiger partial charge in [-0.15, -0.1) is 12.4 Å². The lowest BCUT2D eigenvalue weighted by molar-refractivity contribution is -0.141. The molecular formula is C11H15Cl2F3N4O2. The molecule has 1 aliphatic heterocycles. The van der Waals surface area contributed by atoms with Gasteiger partial charge in [-0.1, -0.05) is 11.6 Å². The van der Waals surface area contributed by atoms with Crippen molar-refractivity contribution < 1.29 is 23.1 Å². The molecule has 2 atom stereocenters. The van der Waals surface area contributed by atoms with Gasteiger partial charge < -0.3 is 15.7 Å². The van der Waals surface area contributed by atoms with Gasteiger partial charge in [0.25, 0.3) is 5.91 Å². The fourth-order valence-corrected chi connectivity index (χ4v) is 2.53. The highest BCUT2D eigenvalue weighted by Gasteiger charge is 2.40. The van der Waals surface area contributed by atoms with Crippen LogP contribution in [-0.2, 0) is 13.2 Å². The van der Waals surface area contributed by atoms with E-state index in [9.17, 15) is 23.1 Å². The van der Waals surface area contributed by atoms with Crippen LogP contribution in [0.3, 0.4) is 0 Å². The van der Waals surface area contributed by atoms with Gasteiger partial charge >= 0.3 is 6.18 Å². The van der Waals surface area contributed by atoms with Crippen molar-refractivity contribution >= 4 is 29.9 Å². The molecule has 0 unspecified atom stereocenters. The zero-order valence-electron chi connectivity index (χ0n) is 11.4. The number of piperidine rings is 1. The lowest BCUT2D eigenvalue weighted by atomic mass is 10.0. The van der Waals surface area contributed by atoms with Crippen LogP contribution in [-0.4, -0.2) is 46.0 Å². The Bertz CT molecular complexity index is 550. The van der Waals surface area contributed by atoms with Crippen molar-refractivity contribution in [2.45, 2.75) is 24.7 Å². The number of β-amino-alcohol motifs (C(OH)–C–C–N with tert-alkyl or cyclic N) is 1. The summed E-state index contributed by atoms with van der Waals surface area (Å²) in [5, 5.41) is 17.6. The van der Waals surface area contributed by atoms with E-state index in [-0.39, 0.29) is 18.1 Å². The first-order valence-corrected chi connectivity index (χ1v) is 6.59. The Labute approximate surface area is 135 Å². The number of halogens is 5. The van der Waals surface area contributed by atoms with Crippen molar-refractivity contribution in [3.05, 3.63) is 16.4 Å². The molecule has 0 bridgehead atoms. The molecule has 1 aromatic rings. The first-order chi connectivity index (χ1) is 9.71. The predicted molar refractivity (Wildman–Crippen MR) is 75.2 cm³/mol. The van der Waals surface area contributed by atoms with E-state index in [1.165, 1.54) is 7.05 Å². The predicted octanol–water partition coefficient (Wildman–Crippen LogP) is 0.967. The van der Waals surface area contributed by atoms with Crippen LogP contribution < -0.4 is 10.6 Å². The molecule has 6 nitrogen and oxygen atoms in total. The lowest BCUT2D eigenvalue weighted by Crippen LogP contribution is -2.52. The molecule has 3 N–H and O–H groups in total. The second-order valence-electron chi connectivity index (χ2n) is 4.77. The van der Waals surface area contributed by atoms with Crippen LogP contribution in [0.4, 0.5) is 13.2 Å². The monoisotopic (exact) mass is 362 g/mol. The molecule has 22 heavy (non-hydrogen) atoms. The zero-order valence-corrected chi connectivity index (χ0v) is 13.0. The largest absolute Gasteiger partial charge is 0.436 e. The van der Waals surface area contributed by atoms with Gasteiger partial charge in [-0.25, -0.2) is 0 Å². The Morgan fingerprint density at radius 1 is 1.55 bits per heavy atom. The van der Waals surface area contributed by atoms with Crippen molar-refractivity contribution in [3.63, 3.8) is 0 Å². The van der Waals surface area contributed by atoms with Crippen molar-refractivity contribution in [3.8, 4) is 0 Å². The number of aromatic nitrogens is 2. The third-order valence-electron chi connectivity index (χ3n) is 3.24. The van der Waals surface area contributed by atoms with E-state index in [1.807, 2.05) is 0 Å². The number of nitrogens with zero attached hydrogens (tertiary/aromatic N) is 2. The number of aryl methyl sites for hydroxylation is 1. The Hall–Kier alpha value is -1.03. The van der Waals surface area contributed by atoms with E-state index in [0.717, 1.165) is 4.68 Å². The topological polar surface area (TPSA) is 79.2 Å². The van der Waals surface area contributed by atoms with Crippen LogP contribution in [0.1, 0.15) is 22.6 Å². The van der Waals surface area contributed by atoms with E-state index in [4.69, 9.17) is 11.6 Å². The number of carbonyl (C=O) groups excluding carboxylic acids is 1. The van der Waals surface area contributed by atoms with Gasteiger partial charge in [0, 0.05) is 13.6 Å². The molecular weight excluding hydrogens is 348 g/mol. The molecule has 1 amide bonds. The van der Waals surface area contributed by atoms with Crippen LogP contribution in [0.25, 0.3) is 0 Å². The minimum absolute atomic E-state index is 0. The maximum atomic E-state index is 12.7. The Morgan fingerprint density at radius 3 is 2.68 bits per heavy atom. The van der Waals surface area contributed by atoms with Gasteiger partial charge in [0.05, 0.1) is 12.1 Å². The maximum absolute atomic E-state index is 12.7. The first-order valence-electron chi connectivity index (χ1n) is 6.21. The third-order valence-corrected chi connectivity index (χ3v) is 3.60. The molecule has 1 aliphatic rings. The van der Waals surface area contributed by atoms with Gasteiger partial charge in [-0.05, 0) is 13.0 Å². The van der Waals surface area contributed by atoms with E-state index in [0.29, 0.717) is 19.5 Å². The molecule has 126 valence electrons. The molecule has 1 aromatic heterocycles. The molecule has 1 saturated heterocycles. The summed E-state index contributed by atoms with van der Waals surface area (Å²) < 4.78 is 38.8. The highest BCUT2D eigenvalue weighted by molar-refractivity contribution is 6.34. The molecule has 2 heterocycles. The summed E-state index contributed by atoms with van der Waals surface area (Å²) in [5.41, 5.74) is -1.68. The summed E-state index contributed by atoms with van der Waals surface area (Å²) in [6.07, 6.45) is -5.08. The van der Waals surface area contributed by atoms with E-state index in [1.54, 1.807) is 0 Å². The third kappa shape index (κ3) is 3.83. The number of amides is 1. The Balaban J connectivity index is 0.00000242. The van der Waals surface area contributed by atoms with Crippen LogP contribution in [0, 0.1) is 0 Å². The molecule has 1 fully saturated rings. The minimum Gasteiger partial charge on any atom is -0.390 e. The number of rotatable bonds is 2. The number of alkyl halides is 3. The number of aliphatic hydroxyl groups excluding tert-OH is 1. The number of nitrogens with one attached hydrogen (secondary N) is 2. The summed E-state index contributed by atoms with van der Waals surface area (Å²) in [6, 6.07) is -0.543. The van der Waals surface area contributed by atoms with Crippen molar-refractivity contribution in [1.29, 1.82) is 0 Å². The van der Waals surface area contributed by atoms with Gasteiger partial charge in [-0.3, -0.25) is 9.48 Å². The first kappa shape index (κ1) is 19.0. The van der Waals surface area contributed by atoms with Gasteiger partial charge in [0.2, 0.25) is 0 Å². The molecule has 0 aliphatic carbocycles. The standard InChI is InChI=1S/C11H14ClF3N4O2.ClH/c1-19-8(7(12)9(18-19)11(13,14)15)10(21)17-5-2-3-16-4-6(5)20;/h5-6,16,20H,2-4H2,1H3,(H,17,21);1H/t5-,6-;/m1./s1. The molecule has 0 aromatic carbocycles. The summed E-state index contributed by atoms with van der Waals surface area (Å²) >= 11 is 5.62. The molecule has 0 radical (unpaired) electrons. The van der Waals surface area contributed by atoms with Gasteiger partial charge in [-0.2, -0.15) is 18.3 Å². The van der Waals surface area contributed by atoms with E-state index >= 15 is 0 Å². The van der Waals surface area contributed by atoms with Crippen molar-refractivity contribution in [1.82, 2.24) is 20.4 Å². The lowest BCUT2D eigenvalue weighted by Gasteiger charge is -2.29. The maximum Gasteiger partial charge on any atom is 0.436 e. The fourth-order valence-electron chi connectivity index (χ4n) is 2.17. The average Bonchev–Trinajstić information content (AvgIpc) is 2.67. The number of hydrogen-bond acceptors (Lipinski definition) is 4. The highest BCUT2D eigenvalue weighted by Crippen LogP contribution is 2.35. The molecule has 0 saturated carbocycles.